The molecule has 1 saturated heterocycles. The Labute approximate surface area is 187 Å². The summed E-state index contributed by atoms with van der Waals surface area (Å²) in [5.74, 6) is -0.584. The van der Waals surface area contributed by atoms with Gasteiger partial charge in [-0.2, -0.15) is 18.3 Å². The van der Waals surface area contributed by atoms with Crippen molar-refractivity contribution >= 4 is 29.2 Å². The molecular formula is C21H21ClF3N5O2. The number of nitrogen functional groups attached to an aromatic ring is 1. The Morgan fingerprint density at radius 2 is 2.00 bits per heavy atom. The maximum Gasteiger partial charge on any atom is 0.417 e. The van der Waals surface area contributed by atoms with Crippen molar-refractivity contribution in [2.24, 2.45) is 5.41 Å². The fraction of sp³-hybridized carbons (Fsp3) is 0.381. The van der Waals surface area contributed by atoms with Crippen molar-refractivity contribution < 1.29 is 22.8 Å². The minimum atomic E-state index is -4.66. The molecule has 1 spiro atoms. The molecule has 11 heteroatoms. The van der Waals surface area contributed by atoms with Gasteiger partial charge in [0, 0.05) is 31.1 Å². The molecule has 2 aromatic rings. The topological polar surface area (TPSA) is 93.2 Å². The van der Waals surface area contributed by atoms with Crippen molar-refractivity contribution in [3.05, 3.63) is 47.0 Å². The molecule has 1 aliphatic heterocycles. The number of aromatic nitrogens is 2. The number of alkyl halides is 3. The number of halogens is 4. The van der Waals surface area contributed by atoms with Crippen LogP contribution >= 0.6 is 11.6 Å². The number of nitrogens with one attached hydrogen (secondary N) is 1. The van der Waals surface area contributed by atoms with Crippen molar-refractivity contribution in [3.63, 3.8) is 0 Å². The third kappa shape index (κ3) is 3.52. The zero-order chi connectivity index (χ0) is 23.4. The van der Waals surface area contributed by atoms with Crippen LogP contribution in [-0.2, 0) is 11.0 Å². The molecule has 0 unspecified atom stereocenters. The van der Waals surface area contributed by atoms with Crippen LogP contribution in [0.1, 0.15) is 34.8 Å². The van der Waals surface area contributed by atoms with Crippen LogP contribution in [-0.4, -0.2) is 46.6 Å². The molecule has 32 heavy (non-hydrogen) atoms. The Hall–Kier alpha value is -3.01. The highest BCUT2D eigenvalue weighted by Gasteiger charge is 2.54. The molecule has 1 aromatic heterocycles. The molecule has 2 heterocycles. The van der Waals surface area contributed by atoms with E-state index in [2.05, 4.69) is 17.0 Å². The number of carbonyl (C=O) groups excluding carboxylic acids is 2. The smallest absolute Gasteiger partial charge is 0.383 e. The van der Waals surface area contributed by atoms with E-state index in [0.29, 0.717) is 25.9 Å². The summed E-state index contributed by atoms with van der Waals surface area (Å²) < 4.78 is 41.5. The highest BCUT2D eigenvalue weighted by Crippen LogP contribution is 2.55. The number of benzene rings is 1. The Balaban J connectivity index is 1.66. The Kier molecular flexibility index (Phi) is 5.23. The molecule has 4 rings (SSSR count). The monoisotopic (exact) mass is 467 g/mol. The van der Waals surface area contributed by atoms with Crippen molar-refractivity contribution in [2.75, 3.05) is 25.9 Å². The van der Waals surface area contributed by atoms with Gasteiger partial charge in [0.2, 0.25) is 5.91 Å². The molecule has 0 atom stereocenters. The van der Waals surface area contributed by atoms with Crippen molar-refractivity contribution in [1.82, 2.24) is 20.0 Å². The maximum absolute atomic E-state index is 13.3. The number of nitrogens with two attached hydrogens (primary N) is 1. The fourth-order valence-corrected chi connectivity index (χ4v) is 4.81. The van der Waals surface area contributed by atoms with E-state index in [0.717, 1.165) is 12.1 Å². The van der Waals surface area contributed by atoms with E-state index in [1.807, 2.05) is 0 Å². The van der Waals surface area contributed by atoms with Crippen LogP contribution in [0.25, 0.3) is 11.3 Å². The second-order valence-electron chi connectivity index (χ2n) is 8.29. The molecule has 0 radical (unpaired) electrons. The number of likely N-dealkylation sites (tertiary alicyclic amines) is 1. The van der Waals surface area contributed by atoms with Gasteiger partial charge < -0.3 is 16.0 Å². The van der Waals surface area contributed by atoms with Gasteiger partial charge in [0.1, 0.15) is 17.1 Å². The number of hydrogen-bond acceptors (Lipinski definition) is 4. The van der Waals surface area contributed by atoms with Crippen molar-refractivity contribution in [1.29, 1.82) is 0 Å². The Morgan fingerprint density at radius 3 is 2.56 bits per heavy atom. The molecule has 2 aliphatic rings. The zero-order valence-corrected chi connectivity index (χ0v) is 17.9. The first-order valence-corrected chi connectivity index (χ1v) is 10.3. The zero-order valence-electron chi connectivity index (χ0n) is 17.2. The maximum atomic E-state index is 13.3. The third-order valence-electron chi connectivity index (χ3n) is 6.17. The van der Waals surface area contributed by atoms with Crippen LogP contribution < -0.4 is 11.1 Å². The molecule has 1 aromatic carbocycles. The normalized spacial score (nSPS) is 17.6. The number of rotatable bonds is 4. The van der Waals surface area contributed by atoms with Gasteiger partial charge in [-0.05, 0) is 31.1 Å². The second-order valence-corrected chi connectivity index (χ2v) is 8.69. The lowest BCUT2D eigenvalue weighted by atomic mass is 9.60. The van der Waals surface area contributed by atoms with E-state index in [1.54, 1.807) is 4.90 Å². The molecule has 2 fully saturated rings. The highest BCUT2D eigenvalue weighted by atomic mass is 35.5. The summed E-state index contributed by atoms with van der Waals surface area (Å²) >= 11 is 5.73. The number of amides is 2. The molecule has 7 nitrogen and oxygen atoms in total. The summed E-state index contributed by atoms with van der Waals surface area (Å²) in [5, 5.41) is 6.46. The second kappa shape index (κ2) is 7.54. The van der Waals surface area contributed by atoms with Gasteiger partial charge in [-0.3, -0.25) is 9.59 Å². The molecular weight excluding hydrogens is 447 g/mol. The molecule has 3 N–H and O–H groups in total. The average molecular weight is 468 g/mol. The average Bonchev–Trinajstić information content (AvgIpc) is 3.01. The lowest BCUT2D eigenvalue weighted by molar-refractivity contribution is -0.148. The Morgan fingerprint density at radius 1 is 1.34 bits per heavy atom. The third-order valence-corrected chi connectivity index (χ3v) is 6.50. The molecule has 0 bridgehead atoms. The van der Waals surface area contributed by atoms with E-state index in [4.69, 9.17) is 17.3 Å². The van der Waals surface area contributed by atoms with Crippen LogP contribution in [0.3, 0.4) is 0 Å². The first-order chi connectivity index (χ1) is 15.0. The number of carbonyl (C=O) groups is 2. The summed E-state index contributed by atoms with van der Waals surface area (Å²) in [5.41, 5.74) is 5.36. The van der Waals surface area contributed by atoms with Crippen LogP contribution in [0.2, 0.25) is 5.02 Å². The standard InChI is InChI=1S/C21H21ClF3N5O2/c1-3-15(31)29-9-20(10-29)7-12(8-20)30-18(26)16(19(32)27-2)17(28-30)11-4-5-14(22)13(6-11)21(23,24)25/h3-6,12H,1,7-10,26H2,2H3,(H,27,32). The first-order valence-electron chi connectivity index (χ1n) is 9.88. The number of nitrogens with zero attached hydrogens (tertiary/aromatic N) is 3. The lowest BCUT2D eigenvalue weighted by Gasteiger charge is -2.58. The van der Waals surface area contributed by atoms with Gasteiger partial charge in [-0.15, -0.1) is 0 Å². The lowest BCUT2D eigenvalue weighted by Crippen LogP contribution is -2.63. The molecule has 1 aliphatic carbocycles. The van der Waals surface area contributed by atoms with Gasteiger partial charge in [0.25, 0.3) is 5.91 Å². The van der Waals surface area contributed by atoms with Gasteiger partial charge >= 0.3 is 6.18 Å². The summed E-state index contributed by atoms with van der Waals surface area (Å²) in [7, 11) is 1.41. The predicted octanol–water partition coefficient (Wildman–Crippen LogP) is 3.51. The first kappa shape index (κ1) is 22.2. The van der Waals surface area contributed by atoms with Crippen molar-refractivity contribution in [2.45, 2.75) is 25.1 Å². The largest absolute Gasteiger partial charge is 0.417 e. The van der Waals surface area contributed by atoms with Crippen LogP contribution in [0, 0.1) is 5.41 Å². The van der Waals surface area contributed by atoms with Gasteiger partial charge in [-0.1, -0.05) is 24.2 Å². The predicted molar refractivity (Wildman–Crippen MR) is 113 cm³/mol. The minimum absolute atomic E-state index is 0.0148. The number of anilines is 1. The summed E-state index contributed by atoms with van der Waals surface area (Å²) in [6.07, 6.45) is -1.99. The number of hydrogen-bond donors (Lipinski definition) is 2. The van der Waals surface area contributed by atoms with Crippen LogP contribution in [0.15, 0.2) is 30.9 Å². The van der Waals surface area contributed by atoms with E-state index >= 15 is 0 Å². The van der Waals surface area contributed by atoms with Crippen LogP contribution in [0.4, 0.5) is 19.0 Å². The van der Waals surface area contributed by atoms with E-state index < -0.39 is 22.7 Å². The summed E-state index contributed by atoms with van der Waals surface area (Å²) in [6.45, 7) is 4.70. The van der Waals surface area contributed by atoms with E-state index in [-0.39, 0.29) is 40.0 Å². The van der Waals surface area contributed by atoms with Gasteiger partial charge in [0.15, 0.2) is 0 Å². The SMILES string of the molecule is C=CC(=O)N1CC2(CC(n3nc(-c4ccc(Cl)c(C(F)(F)F)c4)c(C(=O)NC)c3N)C2)C1. The van der Waals surface area contributed by atoms with E-state index in [9.17, 15) is 22.8 Å². The fourth-order valence-electron chi connectivity index (χ4n) is 4.59. The minimum Gasteiger partial charge on any atom is -0.383 e. The molecule has 1 saturated carbocycles. The van der Waals surface area contributed by atoms with Crippen LogP contribution in [0.5, 0.6) is 0 Å². The van der Waals surface area contributed by atoms with E-state index in [1.165, 1.54) is 23.9 Å². The van der Waals surface area contributed by atoms with Gasteiger partial charge in [-0.25, -0.2) is 4.68 Å². The molecule has 2 amide bonds. The Bertz CT molecular complexity index is 1110. The van der Waals surface area contributed by atoms with Gasteiger partial charge in [0.05, 0.1) is 16.6 Å². The summed E-state index contributed by atoms with van der Waals surface area (Å²) in [4.78, 5) is 25.9. The molecule has 170 valence electrons. The quantitative estimate of drug-likeness (QED) is 0.673. The summed E-state index contributed by atoms with van der Waals surface area (Å²) in [6, 6.07) is 3.25. The van der Waals surface area contributed by atoms with Crippen molar-refractivity contribution in [3.8, 4) is 11.3 Å². The highest BCUT2D eigenvalue weighted by molar-refractivity contribution is 6.31.